The van der Waals surface area contributed by atoms with Gasteiger partial charge < -0.3 is 52.5 Å². The van der Waals surface area contributed by atoms with Gasteiger partial charge in [0.15, 0.2) is 0 Å². The third kappa shape index (κ3) is 17.1. The van der Waals surface area contributed by atoms with Crippen LogP contribution in [0.3, 0.4) is 0 Å². The molecule has 11 heteroatoms. The van der Waals surface area contributed by atoms with Gasteiger partial charge in [0.05, 0.1) is 79.8 Å². The fraction of sp³-hybridized carbons (Fsp3) is 0.270. The van der Waals surface area contributed by atoms with Crippen LogP contribution < -0.4 is 4.74 Å². The van der Waals surface area contributed by atoms with Gasteiger partial charge in [-0.15, -0.1) is 13.2 Å². The number of ether oxygens (including phenoxy) is 10. The maximum atomic E-state index is 11.3. The molecule has 9 aromatic carbocycles. The monoisotopic (exact) mass is 1140 g/mol. The second kappa shape index (κ2) is 31.5. The van der Waals surface area contributed by atoms with E-state index in [1.54, 1.807) is 19.3 Å². The second-order valence-corrected chi connectivity index (χ2v) is 21.3. The van der Waals surface area contributed by atoms with Crippen LogP contribution in [0.1, 0.15) is 50.1 Å². The van der Waals surface area contributed by atoms with Gasteiger partial charge >= 0.3 is 0 Å². The highest BCUT2D eigenvalue weighted by Gasteiger charge is 2.39. The summed E-state index contributed by atoms with van der Waals surface area (Å²) in [5.41, 5.74) is 9.41. The van der Waals surface area contributed by atoms with Crippen LogP contribution in [0.15, 0.2) is 244 Å². The average Bonchev–Trinajstić information content (AvgIpc) is 3.73. The van der Waals surface area contributed by atoms with Crippen molar-refractivity contribution >= 4 is 21.5 Å². The highest BCUT2D eigenvalue weighted by atomic mass is 16.6. The van der Waals surface area contributed by atoms with Gasteiger partial charge in [-0.3, -0.25) is 0 Å². The summed E-state index contributed by atoms with van der Waals surface area (Å²) in [5, 5.41) is 15.9. The number of hydrogen-bond donors (Lipinski definition) is 1. The van der Waals surface area contributed by atoms with Crippen molar-refractivity contribution in [1.82, 2.24) is 0 Å². The zero-order valence-electron chi connectivity index (χ0n) is 48.3. The molecule has 85 heavy (non-hydrogen) atoms. The molecule has 0 fully saturated rings. The van der Waals surface area contributed by atoms with Crippen LogP contribution in [-0.4, -0.2) is 74.3 Å². The molecule has 11 rings (SSSR count). The van der Waals surface area contributed by atoms with Crippen molar-refractivity contribution in [3.63, 3.8) is 0 Å². The van der Waals surface area contributed by atoms with Crippen molar-refractivity contribution in [2.24, 2.45) is 0 Å². The van der Waals surface area contributed by atoms with Gasteiger partial charge in [0, 0.05) is 0 Å². The van der Waals surface area contributed by atoms with E-state index in [0.29, 0.717) is 66.1 Å². The predicted octanol–water partition coefficient (Wildman–Crippen LogP) is 14.2. The smallest absolute Gasteiger partial charge is 0.118 e. The normalized spacial score (nSPS) is 19.9. The Morgan fingerprint density at radius 3 is 1.20 bits per heavy atom. The van der Waals surface area contributed by atoms with E-state index in [2.05, 4.69) is 86.0 Å². The van der Waals surface area contributed by atoms with E-state index in [9.17, 15) is 5.11 Å². The topological polar surface area (TPSA) is 113 Å². The minimum absolute atomic E-state index is 0.105. The largest absolute Gasteiger partial charge is 0.497 e. The third-order valence-electron chi connectivity index (χ3n) is 15.4. The summed E-state index contributed by atoms with van der Waals surface area (Å²) in [6, 6.07) is 73.3. The Kier molecular flexibility index (Phi) is 22.4. The van der Waals surface area contributed by atoms with Gasteiger partial charge in [0.2, 0.25) is 0 Å². The maximum absolute atomic E-state index is 11.3. The number of aliphatic hydroxyl groups is 1. The van der Waals surface area contributed by atoms with E-state index < -0.39 is 48.8 Å². The van der Waals surface area contributed by atoms with E-state index >= 15 is 0 Å². The molecule has 2 aliphatic rings. The Labute approximate surface area is 499 Å². The summed E-state index contributed by atoms with van der Waals surface area (Å²) in [6.07, 6.45) is -1.29. The quantitative estimate of drug-likeness (QED) is 0.0736. The standard InChI is InChI=1S/C41H42O6.C33H34O5/c1-3-38(44-24-30-12-6-4-7-13-30)40-41(46-26-31-14-8-5-9-15-31)39(45-25-32-18-20-37(42-2)21-19-32)29-43-27-35-22-33-16-10-11-17-34(33)23-36(35)28-47-40;1-2-31(36-19-24-11-5-3-6-12-24)33-32(37-20-25-13-7-4-8-14-25)30(34)23-35-21-28-17-26-15-9-10-16-27(26)18-29(28)22-38-33/h3-23,38-41H,1,24-29H2,2H3;2-18,30-34H,1,19-23H2/t38?,39?,40-,41-;30?,31?,32-,33-/m00/s1. The van der Waals surface area contributed by atoms with Gasteiger partial charge in [-0.05, 0) is 108 Å². The van der Waals surface area contributed by atoms with Crippen molar-refractivity contribution in [3.8, 4) is 5.75 Å². The first-order chi connectivity index (χ1) is 41.9. The second-order valence-electron chi connectivity index (χ2n) is 21.3. The molecule has 0 spiro atoms. The fourth-order valence-corrected chi connectivity index (χ4v) is 10.7. The fourth-order valence-electron chi connectivity index (χ4n) is 10.7. The SMILES string of the molecule is C=CC(OCc1ccccc1)[C@@H]1OCc2cc3ccccc3cc2COCC(O)[C@@H]1OCc1ccccc1.C=CC(OCc1ccccc1)[C@@H]1OCc2cc3ccccc3cc2COCC(OCc2ccc(OC)cc2)[C@@H]1OCc1ccccc1. The molecule has 0 bridgehead atoms. The molecule has 0 aliphatic carbocycles. The van der Waals surface area contributed by atoms with Crippen molar-refractivity contribution < 1.29 is 52.5 Å². The number of benzene rings is 9. The molecule has 0 saturated carbocycles. The maximum Gasteiger partial charge on any atom is 0.118 e. The molecule has 8 atom stereocenters. The van der Waals surface area contributed by atoms with Crippen LogP contribution in [0.25, 0.3) is 21.5 Å². The number of hydrogen-bond acceptors (Lipinski definition) is 11. The molecule has 0 amide bonds. The number of rotatable bonds is 20. The Bertz CT molecular complexity index is 3450. The molecule has 2 aliphatic heterocycles. The average molecular weight is 1140 g/mol. The number of fused-ring (bicyclic) bond motifs is 4. The molecular weight excluding hydrogens is 1060 g/mol. The molecule has 0 radical (unpaired) electrons. The highest BCUT2D eigenvalue weighted by molar-refractivity contribution is 5.85. The summed E-state index contributed by atoms with van der Waals surface area (Å²) in [5.74, 6) is 0.795. The first-order valence-electron chi connectivity index (χ1n) is 29.1. The Hall–Kier alpha value is -7.62. The zero-order chi connectivity index (χ0) is 58.4. The minimum Gasteiger partial charge on any atom is -0.497 e. The molecular formula is C74H76O11. The van der Waals surface area contributed by atoms with E-state index in [-0.39, 0.29) is 6.61 Å². The van der Waals surface area contributed by atoms with E-state index in [4.69, 9.17) is 47.4 Å². The lowest BCUT2D eigenvalue weighted by Crippen LogP contribution is -2.50. The first kappa shape index (κ1) is 60.5. The van der Waals surface area contributed by atoms with Crippen LogP contribution in [0.5, 0.6) is 5.75 Å². The van der Waals surface area contributed by atoms with Crippen molar-refractivity contribution in [3.05, 3.63) is 294 Å². The lowest BCUT2D eigenvalue weighted by atomic mass is 9.99. The molecule has 0 aromatic heterocycles. The Morgan fingerprint density at radius 2 is 0.776 bits per heavy atom. The van der Waals surface area contributed by atoms with Crippen LogP contribution in [-0.2, 0) is 102 Å². The lowest BCUT2D eigenvalue weighted by Gasteiger charge is -2.37. The van der Waals surface area contributed by atoms with E-state index in [0.717, 1.165) is 77.4 Å². The molecule has 11 nitrogen and oxygen atoms in total. The van der Waals surface area contributed by atoms with Crippen molar-refractivity contribution in [2.45, 2.75) is 108 Å². The predicted molar refractivity (Wildman–Crippen MR) is 332 cm³/mol. The Morgan fingerprint density at radius 1 is 0.424 bits per heavy atom. The molecule has 9 aromatic rings. The van der Waals surface area contributed by atoms with Gasteiger partial charge in [-0.2, -0.15) is 0 Å². The van der Waals surface area contributed by atoms with Gasteiger partial charge in [-0.25, -0.2) is 0 Å². The van der Waals surface area contributed by atoms with Crippen LogP contribution >= 0.6 is 0 Å². The molecule has 4 unspecified atom stereocenters. The van der Waals surface area contributed by atoms with Crippen molar-refractivity contribution in [2.75, 3.05) is 20.3 Å². The zero-order valence-corrected chi connectivity index (χ0v) is 48.3. The summed E-state index contributed by atoms with van der Waals surface area (Å²) in [7, 11) is 1.66. The van der Waals surface area contributed by atoms with Crippen molar-refractivity contribution in [1.29, 1.82) is 0 Å². The third-order valence-corrected chi connectivity index (χ3v) is 15.4. The number of aliphatic hydroxyl groups excluding tert-OH is 1. The first-order valence-corrected chi connectivity index (χ1v) is 29.1. The van der Waals surface area contributed by atoms with Gasteiger partial charge in [0.25, 0.3) is 0 Å². The van der Waals surface area contributed by atoms with E-state index in [1.807, 2.05) is 146 Å². The summed E-state index contributed by atoms with van der Waals surface area (Å²) in [4.78, 5) is 0. The summed E-state index contributed by atoms with van der Waals surface area (Å²) in [6.45, 7) is 11.9. The molecule has 1 N–H and O–H groups in total. The number of methoxy groups -OCH3 is 1. The van der Waals surface area contributed by atoms with Gasteiger partial charge in [-0.1, -0.05) is 194 Å². The molecule has 438 valence electrons. The van der Waals surface area contributed by atoms with Gasteiger partial charge in [0.1, 0.15) is 54.6 Å². The van der Waals surface area contributed by atoms with E-state index in [1.165, 1.54) is 0 Å². The Balaban J connectivity index is 0.000000193. The summed E-state index contributed by atoms with van der Waals surface area (Å²) >= 11 is 0. The van der Waals surface area contributed by atoms with Crippen LogP contribution in [0.4, 0.5) is 0 Å². The highest BCUT2D eigenvalue weighted by Crippen LogP contribution is 2.31. The van der Waals surface area contributed by atoms with Crippen LogP contribution in [0.2, 0.25) is 0 Å². The minimum atomic E-state index is -0.923. The summed E-state index contributed by atoms with van der Waals surface area (Å²) < 4.78 is 63.9. The molecule has 2 heterocycles. The van der Waals surface area contributed by atoms with Crippen LogP contribution in [0, 0.1) is 0 Å². The molecule has 0 saturated heterocycles. The lowest BCUT2D eigenvalue weighted by molar-refractivity contribution is -0.194.